The highest BCUT2D eigenvalue weighted by Crippen LogP contribution is 2.17. The van der Waals surface area contributed by atoms with E-state index in [4.69, 9.17) is 0 Å². The van der Waals surface area contributed by atoms with Gasteiger partial charge in [0.15, 0.2) is 5.96 Å². The zero-order chi connectivity index (χ0) is 14.4. The Bertz CT molecular complexity index is 454. The maximum atomic E-state index is 13.1. The first-order chi connectivity index (χ1) is 9.67. The first-order valence-corrected chi connectivity index (χ1v) is 7.09. The SMILES string of the molecule is CN=C(NCCc1cc(F)cc(F)c1)NC1CCCC1.I. The van der Waals surface area contributed by atoms with Gasteiger partial charge in [0, 0.05) is 25.7 Å². The number of aliphatic imine (C=N–C) groups is 1. The number of guanidine groups is 1. The van der Waals surface area contributed by atoms with Crippen molar-refractivity contribution in [2.75, 3.05) is 13.6 Å². The fourth-order valence-electron chi connectivity index (χ4n) is 2.54. The van der Waals surface area contributed by atoms with Crippen LogP contribution in [0.1, 0.15) is 31.2 Å². The molecule has 118 valence electrons. The van der Waals surface area contributed by atoms with Crippen molar-refractivity contribution in [1.29, 1.82) is 0 Å². The summed E-state index contributed by atoms with van der Waals surface area (Å²) in [6.45, 7) is 0.593. The van der Waals surface area contributed by atoms with Crippen molar-refractivity contribution in [2.24, 2.45) is 4.99 Å². The molecule has 0 spiro atoms. The van der Waals surface area contributed by atoms with Crippen molar-refractivity contribution in [2.45, 2.75) is 38.1 Å². The van der Waals surface area contributed by atoms with E-state index in [2.05, 4.69) is 15.6 Å². The van der Waals surface area contributed by atoms with Crippen LogP contribution in [-0.2, 0) is 6.42 Å². The Morgan fingerprint density at radius 3 is 2.38 bits per heavy atom. The zero-order valence-corrected chi connectivity index (χ0v) is 14.5. The molecule has 2 N–H and O–H groups in total. The van der Waals surface area contributed by atoms with Gasteiger partial charge in [-0.25, -0.2) is 8.78 Å². The summed E-state index contributed by atoms with van der Waals surface area (Å²) in [5.41, 5.74) is 0.645. The second kappa shape index (κ2) is 9.17. The molecule has 0 saturated heterocycles. The normalized spacial score (nSPS) is 15.7. The third-order valence-electron chi connectivity index (χ3n) is 3.55. The molecule has 0 heterocycles. The largest absolute Gasteiger partial charge is 0.356 e. The molecular formula is C15H22F2IN3. The van der Waals surface area contributed by atoms with E-state index in [0.29, 0.717) is 24.6 Å². The van der Waals surface area contributed by atoms with E-state index in [0.717, 1.165) is 12.0 Å². The topological polar surface area (TPSA) is 36.4 Å². The van der Waals surface area contributed by atoms with Crippen LogP contribution in [0.15, 0.2) is 23.2 Å². The Balaban J connectivity index is 0.00000220. The molecule has 1 aliphatic rings. The Labute approximate surface area is 141 Å². The summed E-state index contributed by atoms with van der Waals surface area (Å²) < 4.78 is 26.1. The van der Waals surface area contributed by atoms with Gasteiger partial charge in [-0.15, -0.1) is 24.0 Å². The fraction of sp³-hybridized carbons (Fsp3) is 0.533. The average Bonchev–Trinajstić information content (AvgIpc) is 2.89. The lowest BCUT2D eigenvalue weighted by Gasteiger charge is -2.16. The Morgan fingerprint density at radius 1 is 1.19 bits per heavy atom. The average molecular weight is 409 g/mol. The molecular weight excluding hydrogens is 387 g/mol. The molecule has 0 aromatic heterocycles. The van der Waals surface area contributed by atoms with Crippen molar-refractivity contribution in [3.63, 3.8) is 0 Å². The summed E-state index contributed by atoms with van der Waals surface area (Å²) in [6.07, 6.45) is 5.43. The number of hydrogen-bond donors (Lipinski definition) is 2. The summed E-state index contributed by atoms with van der Waals surface area (Å²) in [7, 11) is 1.73. The lowest BCUT2D eigenvalue weighted by Crippen LogP contribution is -2.43. The second-order valence-electron chi connectivity index (χ2n) is 5.15. The van der Waals surface area contributed by atoms with Crippen molar-refractivity contribution < 1.29 is 8.78 Å². The third-order valence-corrected chi connectivity index (χ3v) is 3.55. The summed E-state index contributed by atoms with van der Waals surface area (Å²) in [4.78, 5) is 4.16. The molecule has 6 heteroatoms. The molecule has 1 saturated carbocycles. The van der Waals surface area contributed by atoms with Gasteiger partial charge in [-0.05, 0) is 37.0 Å². The summed E-state index contributed by atoms with van der Waals surface area (Å²) in [5.74, 6) is -0.310. The Hall–Kier alpha value is -0.920. The van der Waals surface area contributed by atoms with E-state index in [-0.39, 0.29) is 24.0 Å². The van der Waals surface area contributed by atoms with Crippen molar-refractivity contribution in [3.8, 4) is 0 Å². The van der Waals surface area contributed by atoms with Crippen LogP contribution in [0.3, 0.4) is 0 Å². The van der Waals surface area contributed by atoms with Crippen molar-refractivity contribution in [3.05, 3.63) is 35.4 Å². The predicted molar refractivity (Wildman–Crippen MR) is 92.2 cm³/mol. The highest BCUT2D eigenvalue weighted by molar-refractivity contribution is 14.0. The van der Waals surface area contributed by atoms with Gasteiger partial charge >= 0.3 is 0 Å². The predicted octanol–water partition coefficient (Wildman–Crippen LogP) is 3.23. The number of benzene rings is 1. The van der Waals surface area contributed by atoms with Crippen LogP contribution in [0.2, 0.25) is 0 Å². The molecule has 1 aromatic rings. The Morgan fingerprint density at radius 2 is 1.81 bits per heavy atom. The molecule has 21 heavy (non-hydrogen) atoms. The molecule has 0 radical (unpaired) electrons. The zero-order valence-electron chi connectivity index (χ0n) is 12.2. The number of nitrogens with one attached hydrogen (secondary N) is 2. The van der Waals surface area contributed by atoms with Crippen molar-refractivity contribution in [1.82, 2.24) is 10.6 Å². The van der Waals surface area contributed by atoms with Crippen LogP contribution in [0.4, 0.5) is 8.78 Å². The Kier molecular flexibility index (Phi) is 7.92. The standard InChI is InChI=1S/C15H21F2N3.HI/c1-18-15(20-14-4-2-3-5-14)19-7-6-11-8-12(16)10-13(17)9-11;/h8-10,14H,2-7H2,1H3,(H2,18,19,20);1H. The maximum Gasteiger partial charge on any atom is 0.191 e. The third kappa shape index (κ3) is 6.15. The van der Waals surface area contributed by atoms with Crippen LogP contribution >= 0.6 is 24.0 Å². The molecule has 2 rings (SSSR count). The van der Waals surface area contributed by atoms with Gasteiger partial charge in [-0.2, -0.15) is 0 Å². The molecule has 0 aliphatic heterocycles. The van der Waals surface area contributed by atoms with Crippen LogP contribution in [0.5, 0.6) is 0 Å². The smallest absolute Gasteiger partial charge is 0.191 e. The fourth-order valence-corrected chi connectivity index (χ4v) is 2.54. The van der Waals surface area contributed by atoms with E-state index in [1.54, 1.807) is 7.05 Å². The first kappa shape index (κ1) is 18.1. The van der Waals surface area contributed by atoms with E-state index >= 15 is 0 Å². The quantitative estimate of drug-likeness (QED) is 0.455. The highest BCUT2D eigenvalue weighted by Gasteiger charge is 2.15. The molecule has 0 atom stereocenters. The molecule has 0 bridgehead atoms. The number of hydrogen-bond acceptors (Lipinski definition) is 1. The second-order valence-corrected chi connectivity index (χ2v) is 5.15. The van der Waals surface area contributed by atoms with Crippen LogP contribution < -0.4 is 10.6 Å². The molecule has 1 aliphatic carbocycles. The molecule has 1 fully saturated rings. The van der Waals surface area contributed by atoms with Crippen molar-refractivity contribution >= 4 is 29.9 Å². The van der Waals surface area contributed by atoms with E-state index in [1.165, 1.54) is 37.8 Å². The number of nitrogens with zero attached hydrogens (tertiary/aromatic N) is 1. The van der Waals surface area contributed by atoms with Gasteiger partial charge in [-0.3, -0.25) is 4.99 Å². The minimum atomic E-state index is -0.534. The molecule has 0 amide bonds. The van der Waals surface area contributed by atoms with Gasteiger partial charge in [0.2, 0.25) is 0 Å². The molecule has 3 nitrogen and oxygen atoms in total. The maximum absolute atomic E-state index is 13.1. The lowest BCUT2D eigenvalue weighted by molar-refractivity contribution is 0.578. The monoisotopic (exact) mass is 409 g/mol. The van der Waals surface area contributed by atoms with Gasteiger partial charge in [-0.1, -0.05) is 12.8 Å². The summed E-state index contributed by atoms with van der Waals surface area (Å²) in [6, 6.07) is 4.10. The summed E-state index contributed by atoms with van der Waals surface area (Å²) in [5, 5.41) is 6.54. The number of rotatable bonds is 4. The van der Waals surface area contributed by atoms with E-state index in [9.17, 15) is 8.78 Å². The lowest BCUT2D eigenvalue weighted by atomic mass is 10.1. The first-order valence-electron chi connectivity index (χ1n) is 7.09. The van der Waals surface area contributed by atoms with Crippen LogP contribution in [-0.4, -0.2) is 25.6 Å². The minimum Gasteiger partial charge on any atom is -0.356 e. The summed E-state index contributed by atoms with van der Waals surface area (Å²) >= 11 is 0. The van der Waals surface area contributed by atoms with E-state index in [1.807, 2.05) is 0 Å². The highest BCUT2D eigenvalue weighted by atomic mass is 127. The number of halogens is 3. The van der Waals surface area contributed by atoms with Gasteiger partial charge in [0.1, 0.15) is 11.6 Å². The van der Waals surface area contributed by atoms with E-state index < -0.39 is 11.6 Å². The van der Waals surface area contributed by atoms with Gasteiger partial charge < -0.3 is 10.6 Å². The molecule has 1 aromatic carbocycles. The molecule has 0 unspecified atom stereocenters. The van der Waals surface area contributed by atoms with Crippen LogP contribution in [0, 0.1) is 11.6 Å². The minimum absolute atomic E-state index is 0. The van der Waals surface area contributed by atoms with Gasteiger partial charge in [0.05, 0.1) is 0 Å². The van der Waals surface area contributed by atoms with Gasteiger partial charge in [0.25, 0.3) is 0 Å². The van der Waals surface area contributed by atoms with Crippen LogP contribution in [0.25, 0.3) is 0 Å².